The predicted octanol–water partition coefficient (Wildman–Crippen LogP) is 5.66. The average Bonchev–Trinajstić information content (AvgIpc) is 2.65. The van der Waals surface area contributed by atoms with Crippen LogP contribution in [0.5, 0.6) is 0 Å². The van der Waals surface area contributed by atoms with Crippen molar-refractivity contribution in [1.82, 2.24) is 0 Å². The molecule has 0 aliphatic carbocycles. The predicted molar refractivity (Wildman–Crippen MR) is 86.9 cm³/mol. The highest BCUT2D eigenvalue weighted by Crippen LogP contribution is 2.34. The number of rotatable bonds is 1. The molecular weight excluding hydrogens is 240 g/mol. The van der Waals surface area contributed by atoms with Crippen LogP contribution < -0.4 is 0 Å². The Morgan fingerprint density at radius 1 is 0.650 bits per heavy atom. The Hall–Kier alpha value is -2.60. The van der Waals surface area contributed by atoms with Crippen molar-refractivity contribution in [2.75, 3.05) is 0 Å². The fraction of sp³-hybridized carbons (Fsp3) is 0. The Kier molecular flexibility index (Phi) is 1.63. The van der Waals surface area contributed by atoms with E-state index in [0.29, 0.717) is 5.56 Å². The van der Waals surface area contributed by atoms with Crippen molar-refractivity contribution in [1.29, 1.82) is 0 Å². The molecule has 0 N–H and O–H groups in total. The molecule has 0 fully saturated rings. The van der Waals surface area contributed by atoms with Crippen molar-refractivity contribution in [2.45, 2.75) is 0 Å². The maximum Gasteiger partial charge on any atom is 0.0629 e. The van der Waals surface area contributed by atoms with Crippen LogP contribution in [0, 0.1) is 0 Å². The molecule has 0 bridgehead atoms. The molecule has 0 saturated carbocycles. The third-order valence-electron chi connectivity index (χ3n) is 3.54. The van der Waals surface area contributed by atoms with Crippen LogP contribution in [0.3, 0.4) is 0 Å². The molecule has 94 valence electrons. The molecule has 0 aliphatic heterocycles. The summed E-state index contributed by atoms with van der Waals surface area (Å²) >= 11 is 0. The maximum absolute atomic E-state index is 8.28. The summed E-state index contributed by atoms with van der Waals surface area (Å²) in [4.78, 5) is 0. The fourth-order valence-electron chi connectivity index (χ4n) is 2.65. The van der Waals surface area contributed by atoms with E-state index in [1.807, 2.05) is 54.6 Å². The van der Waals surface area contributed by atoms with Gasteiger partial charge in [0, 0.05) is 0 Å². The first-order chi connectivity index (χ1) is 12.0. The molecule has 0 nitrogen and oxygen atoms in total. The molecule has 0 amide bonds. The highest BCUT2D eigenvalue weighted by atomic mass is 14.1. The summed E-state index contributed by atoms with van der Waals surface area (Å²) in [5.74, 6) is 0. The number of benzene rings is 4. The lowest BCUT2D eigenvalue weighted by Gasteiger charge is -2.10. The van der Waals surface area contributed by atoms with Crippen molar-refractivity contribution < 1.29 is 6.85 Å². The summed E-state index contributed by atoms with van der Waals surface area (Å²) in [5, 5.41) is 3.93. The zero-order chi connectivity index (χ0) is 17.7. The van der Waals surface area contributed by atoms with Gasteiger partial charge in [0.05, 0.1) is 6.85 Å². The minimum absolute atomic E-state index is 0.175. The Bertz CT molecular complexity index is 1120. The SMILES string of the molecule is [2H]c1c([2H])c([2H])c(-c2cc3ccccc3c3ccccc23)c([2H])c1[2H]. The lowest BCUT2D eigenvalue weighted by Crippen LogP contribution is -1.83. The molecule has 4 aromatic rings. The molecule has 0 heteroatoms. The highest BCUT2D eigenvalue weighted by Gasteiger charge is 2.07. The van der Waals surface area contributed by atoms with E-state index >= 15 is 0 Å². The minimum Gasteiger partial charge on any atom is -0.0622 e. The van der Waals surface area contributed by atoms with Gasteiger partial charge in [-0.3, -0.25) is 0 Å². The fourth-order valence-corrected chi connectivity index (χ4v) is 2.65. The van der Waals surface area contributed by atoms with Crippen molar-refractivity contribution >= 4 is 21.5 Å². The van der Waals surface area contributed by atoms with Gasteiger partial charge in [-0.25, -0.2) is 0 Å². The number of hydrogen-bond donors (Lipinski definition) is 0. The van der Waals surface area contributed by atoms with Gasteiger partial charge in [0.15, 0.2) is 0 Å². The quantitative estimate of drug-likeness (QED) is 0.387. The zero-order valence-electron chi connectivity index (χ0n) is 15.7. The van der Waals surface area contributed by atoms with E-state index in [9.17, 15) is 0 Å². The lowest BCUT2D eigenvalue weighted by atomic mass is 9.93. The van der Waals surface area contributed by atoms with E-state index in [-0.39, 0.29) is 35.8 Å². The van der Waals surface area contributed by atoms with E-state index in [0.717, 1.165) is 21.5 Å². The third-order valence-corrected chi connectivity index (χ3v) is 3.54. The molecule has 0 aliphatic rings. The molecule has 4 aromatic carbocycles. The monoisotopic (exact) mass is 259 g/mol. The summed E-state index contributed by atoms with van der Waals surface area (Å²) in [6.07, 6.45) is 0. The standard InChI is InChI=1S/C20H14/c1-2-8-15(9-3-1)20-14-16-10-4-5-11-17(16)18-12-6-7-13-19(18)20/h1-14H/i1D,2D,3D,8D,9D. The van der Waals surface area contributed by atoms with Crippen molar-refractivity contribution in [3.63, 3.8) is 0 Å². The van der Waals surface area contributed by atoms with Crippen molar-refractivity contribution in [3.8, 4) is 11.1 Å². The van der Waals surface area contributed by atoms with Gasteiger partial charge < -0.3 is 0 Å². The van der Waals surface area contributed by atoms with Gasteiger partial charge in [0.1, 0.15) is 0 Å². The Balaban J connectivity index is 2.22. The van der Waals surface area contributed by atoms with Crippen LogP contribution in [0.15, 0.2) is 84.8 Å². The molecule has 0 aromatic heterocycles. The topological polar surface area (TPSA) is 0 Å². The second kappa shape index (κ2) is 4.50. The summed E-state index contributed by atoms with van der Waals surface area (Å²) in [6.45, 7) is 0. The second-order valence-corrected chi connectivity index (χ2v) is 4.69. The first-order valence-electron chi connectivity index (χ1n) is 8.98. The summed E-state index contributed by atoms with van der Waals surface area (Å²) in [7, 11) is 0. The normalized spacial score (nSPS) is 14.5. The van der Waals surface area contributed by atoms with Crippen LogP contribution in [0.1, 0.15) is 6.85 Å². The van der Waals surface area contributed by atoms with Crippen LogP contribution in [0.4, 0.5) is 0 Å². The molecule has 0 atom stereocenters. The van der Waals surface area contributed by atoms with Crippen LogP contribution in [-0.4, -0.2) is 0 Å². The minimum atomic E-state index is -0.371. The molecule has 4 rings (SSSR count). The molecule has 0 heterocycles. The highest BCUT2D eigenvalue weighted by molar-refractivity contribution is 6.13. The van der Waals surface area contributed by atoms with Gasteiger partial charge in [-0.2, -0.15) is 0 Å². The van der Waals surface area contributed by atoms with E-state index in [4.69, 9.17) is 6.85 Å². The van der Waals surface area contributed by atoms with E-state index in [1.54, 1.807) is 0 Å². The molecular formula is C20H14. The molecule has 0 unspecified atom stereocenters. The maximum atomic E-state index is 8.28. The Morgan fingerprint density at radius 3 is 2.10 bits per heavy atom. The largest absolute Gasteiger partial charge is 0.0629 e. The second-order valence-electron chi connectivity index (χ2n) is 4.69. The van der Waals surface area contributed by atoms with Gasteiger partial charge in [-0.05, 0) is 38.7 Å². The first-order valence-corrected chi connectivity index (χ1v) is 6.48. The molecule has 20 heavy (non-hydrogen) atoms. The van der Waals surface area contributed by atoms with Gasteiger partial charge in [-0.15, -0.1) is 0 Å². The molecule has 0 saturated heterocycles. The Morgan fingerprint density at radius 2 is 1.30 bits per heavy atom. The zero-order valence-corrected chi connectivity index (χ0v) is 10.7. The van der Waals surface area contributed by atoms with E-state index in [1.165, 1.54) is 0 Å². The van der Waals surface area contributed by atoms with Gasteiger partial charge in [-0.1, -0.05) is 78.7 Å². The number of hydrogen-bond acceptors (Lipinski definition) is 0. The van der Waals surface area contributed by atoms with Crippen LogP contribution >= 0.6 is 0 Å². The van der Waals surface area contributed by atoms with Gasteiger partial charge >= 0.3 is 0 Å². The van der Waals surface area contributed by atoms with Crippen LogP contribution in [0.2, 0.25) is 0 Å². The molecule has 0 spiro atoms. The van der Waals surface area contributed by atoms with E-state index < -0.39 is 0 Å². The van der Waals surface area contributed by atoms with Gasteiger partial charge in [0.25, 0.3) is 0 Å². The van der Waals surface area contributed by atoms with Crippen molar-refractivity contribution in [3.05, 3.63) is 84.8 Å². The third kappa shape index (κ3) is 1.70. The van der Waals surface area contributed by atoms with Crippen LogP contribution in [-0.2, 0) is 0 Å². The lowest BCUT2D eigenvalue weighted by molar-refractivity contribution is 1.66. The van der Waals surface area contributed by atoms with Gasteiger partial charge in [0.2, 0.25) is 0 Å². The Labute approximate surface area is 125 Å². The first kappa shape index (κ1) is 7.25. The molecule has 0 radical (unpaired) electrons. The van der Waals surface area contributed by atoms with E-state index in [2.05, 4.69) is 0 Å². The summed E-state index contributed by atoms with van der Waals surface area (Å²) in [6, 6.07) is 16.2. The average molecular weight is 259 g/mol. The van der Waals surface area contributed by atoms with Crippen molar-refractivity contribution in [2.24, 2.45) is 0 Å². The summed E-state index contributed by atoms with van der Waals surface area (Å²) < 4.78 is 40.3. The smallest absolute Gasteiger partial charge is 0.0622 e. The summed E-state index contributed by atoms with van der Waals surface area (Å²) in [5.41, 5.74) is 0.902. The van der Waals surface area contributed by atoms with Crippen LogP contribution in [0.25, 0.3) is 32.7 Å². The number of fused-ring (bicyclic) bond motifs is 3.